The number of aromatic nitrogens is 2. The number of nitrogens with zero attached hydrogens (tertiary/aromatic N) is 3. The third-order valence-corrected chi connectivity index (χ3v) is 5.37. The summed E-state index contributed by atoms with van der Waals surface area (Å²) in [5, 5.41) is 11.0. The van der Waals surface area contributed by atoms with Gasteiger partial charge in [-0.25, -0.2) is 0 Å². The SMILES string of the molecule is Cc1nnc(-c2ccc(C)c(-c3ccc(C(=O)NCc4ccc(N(C)C)cc4)cc3)c2)o1. The van der Waals surface area contributed by atoms with Gasteiger partial charge in [0, 0.05) is 44.4 Å². The highest BCUT2D eigenvalue weighted by Gasteiger charge is 2.11. The molecule has 0 atom stereocenters. The maximum Gasteiger partial charge on any atom is 0.251 e. The van der Waals surface area contributed by atoms with Gasteiger partial charge in [0.1, 0.15) is 0 Å². The number of aryl methyl sites for hydroxylation is 2. The van der Waals surface area contributed by atoms with E-state index in [2.05, 4.69) is 22.4 Å². The first-order valence-electron chi connectivity index (χ1n) is 10.5. The number of amides is 1. The third-order valence-electron chi connectivity index (χ3n) is 5.37. The monoisotopic (exact) mass is 426 g/mol. The van der Waals surface area contributed by atoms with E-state index in [4.69, 9.17) is 4.42 Å². The van der Waals surface area contributed by atoms with Crippen LogP contribution in [0.1, 0.15) is 27.4 Å². The fraction of sp³-hybridized carbons (Fsp3) is 0.192. The van der Waals surface area contributed by atoms with E-state index < -0.39 is 0 Å². The number of benzene rings is 3. The average Bonchev–Trinajstić information content (AvgIpc) is 3.24. The van der Waals surface area contributed by atoms with Gasteiger partial charge in [0.25, 0.3) is 5.91 Å². The van der Waals surface area contributed by atoms with E-state index in [1.54, 1.807) is 6.92 Å². The van der Waals surface area contributed by atoms with Crippen LogP contribution in [-0.2, 0) is 6.54 Å². The van der Waals surface area contributed by atoms with Crippen molar-refractivity contribution in [2.75, 3.05) is 19.0 Å². The zero-order chi connectivity index (χ0) is 22.7. The van der Waals surface area contributed by atoms with E-state index >= 15 is 0 Å². The van der Waals surface area contributed by atoms with Crippen LogP contribution in [0.4, 0.5) is 5.69 Å². The van der Waals surface area contributed by atoms with E-state index in [0.717, 1.165) is 33.5 Å². The number of hydrogen-bond acceptors (Lipinski definition) is 5. The summed E-state index contributed by atoms with van der Waals surface area (Å²) in [7, 11) is 4.01. The molecule has 6 nitrogen and oxygen atoms in total. The van der Waals surface area contributed by atoms with Crippen LogP contribution in [0.2, 0.25) is 0 Å². The highest BCUT2D eigenvalue weighted by atomic mass is 16.4. The van der Waals surface area contributed by atoms with Gasteiger partial charge >= 0.3 is 0 Å². The summed E-state index contributed by atoms with van der Waals surface area (Å²) in [6.45, 7) is 4.31. The Morgan fingerprint density at radius 2 is 1.59 bits per heavy atom. The van der Waals surface area contributed by atoms with Crippen LogP contribution < -0.4 is 10.2 Å². The quantitative estimate of drug-likeness (QED) is 0.469. The second kappa shape index (κ2) is 9.06. The minimum absolute atomic E-state index is 0.0972. The number of nitrogens with one attached hydrogen (secondary N) is 1. The number of hydrogen-bond donors (Lipinski definition) is 1. The predicted octanol–water partition coefficient (Wildman–Crippen LogP) is 5.02. The first kappa shape index (κ1) is 21.3. The highest BCUT2D eigenvalue weighted by molar-refractivity contribution is 5.94. The van der Waals surface area contributed by atoms with Crippen molar-refractivity contribution >= 4 is 11.6 Å². The summed E-state index contributed by atoms with van der Waals surface area (Å²) in [6.07, 6.45) is 0. The minimum atomic E-state index is -0.0972. The van der Waals surface area contributed by atoms with Crippen molar-refractivity contribution < 1.29 is 9.21 Å². The number of carbonyl (C=O) groups excluding carboxylic acids is 1. The molecule has 32 heavy (non-hydrogen) atoms. The lowest BCUT2D eigenvalue weighted by molar-refractivity contribution is 0.0951. The topological polar surface area (TPSA) is 71.3 Å². The fourth-order valence-electron chi connectivity index (χ4n) is 3.48. The summed E-state index contributed by atoms with van der Waals surface area (Å²) in [4.78, 5) is 14.6. The molecule has 4 aromatic rings. The third kappa shape index (κ3) is 4.70. The second-order valence-electron chi connectivity index (χ2n) is 7.98. The van der Waals surface area contributed by atoms with Crippen molar-refractivity contribution in [2.45, 2.75) is 20.4 Å². The Kier molecular flexibility index (Phi) is 6.03. The fourth-order valence-corrected chi connectivity index (χ4v) is 3.48. The molecule has 0 aliphatic heterocycles. The smallest absolute Gasteiger partial charge is 0.251 e. The largest absolute Gasteiger partial charge is 0.421 e. The number of anilines is 1. The lowest BCUT2D eigenvalue weighted by Gasteiger charge is -2.13. The highest BCUT2D eigenvalue weighted by Crippen LogP contribution is 2.29. The van der Waals surface area contributed by atoms with Crippen LogP contribution >= 0.6 is 0 Å². The Morgan fingerprint density at radius 1 is 0.906 bits per heavy atom. The molecule has 0 saturated carbocycles. The lowest BCUT2D eigenvalue weighted by Crippen LogP contribution is -2.22. The van der Waals surface area contributed by atoms with Crippen LogP contribution in [0.5, 0.6) is 0 Å². The van der Waals surface area contributed by atoms with Gasteiger partial charge in [0.2, 0.25) is 11.8 Å². The molecule has 0 unspecified atom stereocenters. The number of carbonyl (C=O) groups is 1. The van der Waals surface area contributed by atoms with Gasteiger partial charge in [0.05, 0.1) is 0 Å². The van der Waals surface area contributed by atoms with Crippen molar-refractivity contribution in [1.29, 1.82) is 0 Å². The number of rotatable bonds is 6. The predicted molar refractivity (Wildman–Crippen MR) is 127 cm³/mol. The molecule has 0 saturated heterocycles. The van der Waals surface area contributed by atoms with Crippen molar-refractivity contribution in [3.63, 3.8) is 0 Å². The Bertz CT molecular complexity index is 1230. The molecule has 4 rings (SSSR count). The minimum Gasteiger partial charge on any atom is -0.421 e. The standard InChI is InChI=1S/C26H26N4O2/c1-17-5-8-22(26-29-28-18(2)32-26)15-24(17)20-9-11-21(12-10-20)25(31)27-16-19-6-13-23(14-7-19)30(3)4/h5-15H,16H2,1-4H3,(H,27,31). The van der Waals surface area contributed by atoms with Gasteiger partial charge in [-0.2, -0.15) is 0 Å². The molecule has 3 aromatic carbocycles. The molecule has 0 fully saturated rings. The maximum atomic E-state index is 12.6. The van der Waals surface area contributed by atoms with Gasteiger partial charge in [-0.1, -0.05) is 30.3 Å². The summed E-state index contributed by atoms with van der Waals surface area (Å²) < 4.78 is 5.55. The normalized spacial score (nSPS) is 10.8. The summed E-state index contributed by atoms with van der Waals surface area (Å²) in [6, 6.07) is 21.8. The van der Waals surface area contributed by atoms with Gasteiger partial charge in [0.15, 0.2) is 0 Å². The maximum absolute atomic E-state index is 12.6. The lowest BCUT2D eigenvalue weighted by atomic mass is 9.97. The Balaban J connectivity index is 1.46. The molecule has 0 bridgehead atoms. The van der Waals surface area contributed by atoms with E-state index in [-0.39, 0.29) is 5.91 Å². The van der Waals surface area contributed by atoms with Gasteiger partial charge in [-0.15, -0.1) is 10.2 Å². The molecule has 1 N–H and O–H groups in total. The van der Waals surface area contributed by atoms with Gasteiger partial charge < -0.3 is 14.6 Å². The van der Waals surface area contributed by atoms with E-state index in [9.17, 15) is 4.79 Å². The van der Waals surface area contributed by atoms with Gasteiger partial charge in [-0.3, -0.25) is 4.79 Å². The average molecular weight is 427 g/mol. The zero-order valence-electron chi connectivity index (χ0n) is 18.7. The van der Waals surface area contributed by atoms with Crippen molar-refractivity contribution in [1.82, 2.24) is 15.5 Å². The van der Waals surface area contributed by atoms with Crippen LogP contribution in [0.15, 0.2) is 71.1 Å². The van der Waals surface area contributed by atoms with Crippen LogP contribution in [-0.4, -0.2) is 30.2 Å². The van der Waals surface area contributed by atoms with Crippen molar-refractivity contribution in [2.24, 2.45) is 0 Å². The van der Waals surface area contributed by atoms with Crippen LogP contribution in [0.3, 0.4) is 0 Å². The molecule has 6 heteroatoms. The van der Waals surface area contributed by atoms with E-state index in [1.165, 1.54) is 0 Å². The van der Waals surface area contributed by atoms with E-state index in [1.807, 2.05) is 85.7 Å². The molecular formula is C26H26N4O2. The zero-order valence-corrected chi connectivity index (χ0v) is 18.7. The molecule has 0 aliphatic rings. The molecule has 1 heterocycles. The summed E-state index contributed by atoms with van der Waals surface area (Å²) in [5.41, 5.74) is 6.90. The van der Waals surface area contributed by atoms with Crippen LogP contribution in [0, 0.1) is 13.8 Å². The summed E-state index contributed by atoms with van der Waals surface area (Å²) >= 11 is 0. The van der Waals surface area contributed by atoms with Crippen molar-refractivity contribution in [3.05, 3.63) is 89.3 Å². The first-order valence-corrected chi connectivity index (χ1v) is 10.5. The molecule has 1 amide bonds. The van der Waals surface area contributed by atoms with E-state index in [0.29, 0.717) is 23.9 Å². The van der Waals surface area contributed by atoms with Crippen LogP contribution in [0.25, 0.3) is 22.6 Å². The second-order valence-corrected chi connectivity index (χ2v) is 7.98. The molecule has 0 spiro atoms. The molecule has 1 aromatic heterocycles. The molecule has 0 radical (unpaired) electrons. The molecular weight excluding hydrogens is 400 g/mol. The Morgan fingerprint density at radius 3 is 2.22 bits per heavy atom. The first-order chi connectivity index (χ1) is 15.4. The Labute approximate surface area is 187 Å². The van der Waals surface area contributed by atoms with Crippen molar-refractivity contribution in [3.8, 4) is 22.6 Å². The molecule has 0 aliphatic carbocycles. The Hall–Kier alpha value is -3.93. The summed E-state index contributed by atoms with van der Waals surface area (Å²) in [5.74, 6) is 0.935. The van der Waals surface area contributed by atoms with Gasteiger partial charge in [-0.05, 0) is 65.6 Å². The molecule has 162 valence electrons.